The third kappa shape index (κ3) is 6.56. The summed E-state index contributed by atoms with van der Waals surface area (Å²) in [5, 5.41) is 7.47. The van der Waals surface area contributed by atoms with E-state index in [-0.39, 0.29) is 11.8 Å². The summed E-state index contributed by atoms with van der Waals surface area (Å²) >= 11 is 0. The fourth-order valence-corrected chi connectivity index (χ4v) is 13.6. The molecule has 6 aromatic carbocycles. The van der Waals surface area contributed by atoms with Gasteiger partial charge in [0.05, 0.1) is 21.3 Å². The van der Waals surface area contributed by atoms with E-state index in [1.165, 1.54) is 54.9 Å². The number of ether oxygens (including phenoxy) is 5. The molecule has 0 N–H and O–H groups in total. The molecule has 6 aromatic rings. The molecule has 1 aliphatic carbocycles. The molecule has 9 rings (SSSR count). The van der Waals surface area contributed by atoms with Crippen LogP contribution in [-0.4, -0.2) is 27.1 Å². The smallest absolute Gasteiger partial charge is 0.257 e. The summed E-state index contributed by atoms with van der Waals surface area (Å²) in [7, 11) is 3.24. The first-order chi connectivity index (χ1) is 27.0. The first-order valence-electron chi connectivity index (χ1n) is 19.2. The summed E-state index contributed by atoms with van der Waals surface area (Å²) in [6.45, 7) is 2.15. The minimum absolute atomic E-state index is 0.245. The Bertz CT molecular complexity index is 2240. The minimum atomic E-state index is -0.983. The Hall–Kier alpha value is -4.82. The van der Waals surface area contributed by atoms with E-state index in [0.29, 0.717) is 0 Å². The number of hydrogen-bond donors (Lipinski definition) is 0. The van der Waals surface area contributed by atoms with E-state index < -0.39 is 21.6 Å². The lowest BCUT2D eigenvalue weighted by atomic mass is 9.68. The fraction of sp³-hybridized carbons (Fsp3) is 0.250. The number of hydrogen-bond acceptors (Lipinski definition) is 5. The highest BCUT2D eigenvalue weighted by Gasteiger charge is 2.57. The third-order valence-electron chi connectivity index (χ3n) is 11.6. The zero-order chi connectivity index (χ0) is 37.5. The van der Waals surface area contributed by atoms with Gasteiger partial charge in [-0.2, -0.15) is 0 Å². The van der Waals surface area contributed by atoms with E-state index in [0.717, 1.165) is 54.4 Å². The quantitative estimate of drug-likeness (QED) is 0.139. The average Bonchev–Trinajstić information content (AvgIpc) is 3.23. The molecule has 55 heavy (non-hydrogen) atoms. The summed E-state index contributed by atoms with van der Waals surface area (Å²) in [6.07, 6.45) is 5.20. The Balaban J connectivity index is 1.17. The number of para-hydroxylation sites is 2. The fourth-order valence-electron chi connectivity index (χ4n) is 8.83. The summed E-state index contributed by atoms with van der Waals surface area (Å²) in [5.74, 6) is 4.26. The van der Waals surface area contributed by atoms with Gasteiger partial charge in [-0.1, -0.05) is 109 Å². The Morgan fingerprint density at radius 3 is 1.22 bits per heavy atom. The molecule has 0 radical (unpaired) electrons. The van der Waals surface area contributed by atoms with E-state index in [9.17, 15) is 0 Å². The number of aryl methyl sites for hydroxylation is 1. The lowest BCUT2D eigenvalue weighted by Gasteiger charge is -2.54. The van der Waals surface area contributed by atoms with Crippen LogP contribution in [0, 0.1) is 18.8 Å². The Morgan fingerprint density at radius 1 is 0.491 bits per heavy atom. The molecule has 1 fully saturated rings. The van der Waals surface area contributed by atoms with E-state index in [1.807, 2.05) is 0 Å². The molecule has 4 atom stereocenters. The predicted molar refractivity (Wildman–Crippen MR) is 227 cm³/mol. The van der Waals surface area contributed by atoms with Crippen molar-refractivity contribution in [3.8, 4) is 28.7 Å². The van der Waals surface area contributed by atoms with Crippen molar-refractivity contribution in [2.75, 3.05) is 21.3 Å². The predicted octanol–water partition coefficient (Wildman–Crippen LogP) is 8.22. The third-order valence-corrected chi connectivity index (χ3v) is 16.5. The van der Waals surface area contributed by atoms with Gasteiger partial charge in [-0.3, -0.25) is 0 Å². The van der Waals surface area contributed by atoms with E-state index in [1.54, 1.807) is 21.3 Å². The normalized spacial score (nSPS) is 20.1. The molecule has 0 bridgehead atoms. The topological polar surface area (TPSA) is 46.2 Å². The van der Waals surface area contributed by atoms with Gasteiger partial charge in [0, 0.05) is 22.4 Å². The second-order valence-electron chi connectivity index (χ2n) is 14.8. The highest BCUT2D eigenvalue weighted by Crippen LogP contribution is 2.55. The zero-order valence-electron chi connectivity index (χ0n) is 31.8. The number of methoxy groups -OCH3 is 3. The summed E-state index contributed by atoms with van der Waals surface area (Å²) < 4.78 is 32.0. The molecule has 1 unspecified atom stereocenters. The van der Waals surface area contributed by atoms with Gasteiger partial charge in [0.2, 0.25) is 0 Å². The summed E-state index contributed by atoms with van der Waals surface area (Å²) in [4.78, 5) is 0. The molecule has 3 aliphatic rings. The van der Waals surface area contributed by atoms with Crippen LogP contribution in [0.3, 0.4) is 0 Å². The van der Waals surface area contributed by atoms with Gasteiger partial charge in [-0.15, -0.1) is 0 Å². The van der Waals surface area contributed by atoms with E-state index in [2.05, 4.69) is 140 Å². The standard InChI is InChI=1S/C48H46O5P2/c1-32-14-22-40(23-15-32)54(41-24-16-37(49-2)17-25-41)44-12-5-8-33-30-35-10-7-11-36-31-34-9-6-13-45(47(34)53-48(35,36)52-46(33)44)55(42-26-18-38(50-3)19-27-42)43-28-20-39(51-4)21-29-43/h5-6,8-9,12-29,35-36H,7,10-11,30-31H2,1-4H3/t35-,36-,48-,54?/m1/s1. The maximum atomic E-state index is 7.66. The molecule has 1 saturated carbocycles. The maximum absolute atomic E-state index is 7.66. The van der Waals surface area contributed by atoms with Crippen molar-refractivity contribution in [1.82, 2.24) is 0 Å². The first kappa shape index (κ1) is 35.9. The minimum Gasteiger partial charge on any atom is -0.497 e. The van der Waals surface area contributed by atoms with Crippen LogP contribution < -0.4 is 55.5 Å². The molecule has 0 aromatic heterocycles. The van der Waals surface area contributed by atoms with Crippen molar-refractivity contribution in [3.05, 3.63) is 150 Å². The number of fused-ring (bicyclic) bond motifs is 2. The highest BCUT2D eigenvalue weighted by molar-refractivity contribution is 7.80. The Labute approximate surface area is 327 Å². The van der Waals surface area contributed by atoms with Crippen LogP contribution in [0.5, 0.6) is 28.7 Å². The molecule has 0 saturated heterocycles. The van der Waals surface area contributed by atoms with Crippen molar-refractivity contribution in [1.29, 1.82) is 0 Å². The monoisotopic (exact) mass is 764 g/mol. The van der Waals surface area contributed by atoms with Crippen LogP contribution in [-0.2, 0) is 12.8 Å². The van der Waals surface area contributed by atoms with Gasteiger partial charge in [-0.05, 0) is 117 Å². The number of rotatable bonds is 9. The molecular formula is C48H46O5P2. The summed E-state index contributed by atoms with van der Waals surface area (Å²) in [6, 6.07) is 48.3. The lowest BCUT2D eigenvalue weighted by molar-refractivity contribution is -0.225. The highest BCUT2D eigenvalue weighted by atomic mass is 31.1. The molecule has 2 heterocycles. The Kier molecular flexibility index (Phi) is 9.79. The zero-order valence-corrected chi connectivity index (χ0v) is 33.6. The lowest BCUT2D eigenvalue weighted by Crippen LogP contribution is -2.62. The van der Waals surface area contributed by atoms with Crippen LogP contribution in [0.1, 0.15) is 36.0 Å². The molecule has 5 nitrogen and oxygen atoms in total. The van der Waals surface area contributed by atoms with Gasteiger partial charge < -0.3 is 23.7 Å². The van der Waals surface area contributed by atoms with Crippen LogP contribution in [0.4, 0.5) is 0 Å². The van der Waals surface area contributed by atoms with Crippen molar-refractivity contribution >= 4 is 47.7 Å². The van der Waals surface area contributed by atoms with Crippen LogP contribution in [0.2, 0.25) is 0 Å². The van der Waals surface area contributed by atoms with Gasteiger partial charge in [-0.25, -0.2) is 0 Å². The maximum Gasteiger partial charge on any atom is 0.257 e. The van der Waals surface area contributed by atoms with Crippen molar-refractivity contribution in [2.24, 2.45) is 11.8 Å². The van der Waals surface area contributed by atoms with Gasteiger partial charge in [0.25, 0.3) is 5.79 Å². The van der Waals surface area contributed by atoms with E-state index in [4.69, 9.17) is 23.7 Å². The van der Waals surface area contributed by atoms with E-state index >= 15 is 0 Å². The average molecular weight is 765 g/mol. The largest absolute Gasteiger partial charge is 0.497 e. The van der Waals surface area contributed by atoms with Gasteiger partial charge in [0.15, 0.2) is 0 Å². The second-order valence-corrected chi connectivity index (χ2v) is 19.2. The SMILES string of the molecule is COc1ccc(P(c2ccc(C)cc2)c2cccc3c2O[C@]24Oc5c(cccc5P(c5ccc(OC)cc5)c5ccc(OC)cc5)C[C@H]2CCC[C@@H]4C3)cc1. The van der Waals surface area contributed by atoms with Crippen LogP contribution in [0.15, 0.2) is 133 Å². The van der Waals surface area contributed by atoms with Crippen LogP contribution >= 0.6 is 15.8 Å². The summed E-state index contributed by atoms with van der Waals surface area (Å²) in [5.41, 5.74) is 3.80. The number of benzene rings is 6. The molecule has 1 spiro atoms. The molecular weight excluding hydrogens is 718 g/mol. The molecule has 0 amide bonds. The molecule has 2 aliphatic heterocycles. The first-order valence-corrected chi connectivity index (χ1v) is 21.9. The van der Waals surface area contributed by atoms with Crippen molar-refractivity contribution < 1.29 is 23.7 Å². The van der Waals surface area contributed by atoms with Crippen molar-refractivity contribution in [3.63, 3.8) is 0 Å². The van der Waals surface area contributed by atoms with Gasteiger partial charge in [0.1, 0.15) is 28.7 Å². The Morgan fingerprint density at radius 2 is 0.855 bits per heavy atom. The second kappa shape index (κ2) is 15.0. The van der Waals surface area contributed by atoms with Crippen LogP contribution in [0.25, 0.3) is 0 Å². The van der Waals surface area contributed by atoms with Crippen molar-refractivity contribution in [2.45, 2.75) is 44.8 Å². The molecule has 278 valence electrons. The van der Waals surface area contributed by atoms with Gasteiger partial charge >= 0.3 is 0 Å². The molecule has 7 heteroatoms.